The van der Waals surface area contributed by atoms with Crippen LogP contribution in [0.25, 0.3) is 0 Å². The maximum atomic E-state index is 12.5. The van der Waals surface area contributed by atoms with Gasteiger partial charge >= 0.3 is 0 Å². The van der Waals surface area contributed by atoms with Crippen LogP contribution >= 0.6 is 0 Å². The average Bonchev–Trinajstić information content (AvgIpc) is 2.17. The third kappa shape index (κ3) is 1.23. The predicted octanol–water partition coefficient (Wildman–Crippen LogP) is 1.84. The molecular formula is C10H12FN. The van der Waals surface area contributed by atoms with Gasteiger partial charge in [-0.05, 0) is 24.1 Å². The topological polar surface area (TPSA) is 12.0 Å². The van der Waals surface area contributed by atoms with Crippen molar-refractivity contribution in [3.63, 3.8) is 0 Å². The molecule has 0 saturated heterocycles. The number of rotatable bonds is 1. The van der Waals surface area contributed by atoms with Crippen LogP contribution in [-0.4, -0.2) is 13.2 Å². The Bertz CT molecular complexity index is 272. The van der Waals surface area contributed by atoms with Crippen molar-refractivity contribution in [2.24, 2.45) is 0 Å². The highest BCUT2D eigenvalue weighted by Crippen LogP contribution is 2.22. The molecule has 0 amide bonds. The molecule has 2 rings (SSSR count). The zero-order chi connectivity index (χ0) is 8.39. The highest BCUT2D eigenvalue weighted by Gasteiger charge is 2.17. The van der Waals surface area contributed by atoms with Crippen LogP contribution in [0, 0.1) is 0 Å². The zero-order valence-electron chi connectivity index (χ0n) is 6.89. The third-order valence-corrected chi connectivity index (χ3v) is 2.37. The quantitative estimate of drug-likeness (QED) is 0.669. The summed E-state index contributed by atoms with van der Waals surface area (Å²) in [4.78, 5) is 0. The molecule has 1 aromatic rings. The molecule has 1 aromatic carbocycles. The van der Waals surface area contributed by atoms with Gasteiger partial charge in [-0.3, -0.25) is 0 Å². The van der Waals surface area contributed by atoms with Gasteiger partial charge in [0, 0.05) is 0 Å². The van der Waals surface area contributed by atoms with Gasteiger partial charge in [-0.25, -0.2) is 4.39 Å². The smallest absolute Gasteiger partial charge is 0.109 e. The van der Waals surface area contributed by atoms with Gasteiger partial charge in [-0.1, -0.05) is 24.3 Å². The number of fused-ring (bicyclic) bond motifs is 1. The summed E-state index contributed by atoms with van der Waals surface area (Å²) >= 11 is 0. The van der Waals surface area contributed by atoms with E-state index in [1.54, 1.807) is 0 Å². The molecule has 0 fully saturated rings. The highest BCUT2D eigenvalue weighted by molar-refractivity contribution is 5.32. The van der Waals surface area contributed by atoms with E-state index in [2.05, 4.69) is 11.4 Å². The average molecular weight is 165 g/mol. The van der Waals surface area contributed by atoms with Gasteiger partial charge < -0.3 is 5.32 Å². The molecule has 1 atom stereocenters. The van der Waals surface area contributed by atoms with Crippen molar-refractivity contribution >= 4 is 0 Å². The van der Waals surface area contributed by atoms with Gasteiger partial charge in [-0.15, -0.1) is 0 Å². The Morgan fingerprint density at radius 2 is 2.25 bits per heavy atom. The number of halogens is 1. The Balaban J connectivity index is 2.37. The number of benzene rings is 1. The molecule has 1 aliphatic heterocycles. The van der Waals surface area contributed by atoms with Gasteiger partial charge in [0.1, 0.15) is 6.67 Å². The molecule has 2 heteroatoms. The molecule has 1 aliphatic rings. The summed E-state index contributed by atoms with van der Waals surface area (Å²) in [5, 5.41) is 3.15. The molecule has 1 nitrogen and oxygen atoms in total. The number of alkyl halides is 1. The van der Waals surface area contributed by atoms with E-state index < -0.39 is 0 Å². The number of hydrogen-bond acceptors (Lipinski definition) is 1. The molecule has 1 heterocycles. The SMILES string of the molecule is FCC1NCCc2ccccc21. The van der Waals surface area contributed by atoms with Crippen LogP contribution in [0.5, 0.6) is 0 Å². The van der Waals surface area contributed by atoms with Crippen molar-refractivity contribution in [1.82, 2.24) is 5.32 Å². The van der Waals surface area contributed by atoms with Crippen LogP contribution < -0.4 is 5.32 Å². The first-order valence-electron chi connectivity index (χ1n) is 4.29. The second-order valence-corrected chi connectivity index (χ2v) is 3.11. The lowest BCUT2D eigenvalue weighted by Gasteiger charge is -2.24. The van der Waals surface area contributed by atoms with Gasteiger partial charge in [0.2, 0.25) is 0 Å². The Morgan fingerprint density at radius 1 is 1.42 bits per heavy atom. The van der Waals surface area contributed by atoms with Crippen molar-refractivity contribution in [2.45, 2.75) is 12.5 Å². The minimum atomic E-state index is -0.309. The number of hydrogen-bond donors (Lipinski definition) is 1. The van der Waals surface area contributed by atoms with Gasteiger partial charge in [0.05, 0.1) is 6.04 Å². The first-order chi connectivity index (χ1) is 5.92. The molecule has 0 saturated carbocycles. The Morgan fingerprint density at radius 3 is 3.08 bits per heavy atom. The standard InChI is InChI=1S/C10H12FN/c11-7-10-9-4-2-1-3-8(9)5-6-12-10/h1-4,10,12H,5-7H2. The molecule has 1 unspecified atom stereocenters. The molecule has 0 bridgehead atoms. The van der Waals surface area contributed by atoms with Crippen molar-refractivity contribution < 1.29 is 4.39 Å². The fourth-order valence-corrected chi connectivity index (χ4v) is 1.73. The van der Waals surface area contributed by atoms with Crippen molar-refractivity contribution in [3.8, 4) is 0 Å². The second-order valence-electron chi connectivity index (χ2n) is 3.11. The van der Waals surface area contributed by atoms with Gasteiger partial charge in [0.15, 0.2) is 0 Å². The van der Waals surface area contributed by atoms with E-state index in [0.717, 1.165) is 18.5 Å². The van der Waals surface area contributed by atoms with Crippen LogP contribution in [0.15, 0.2) is 24.3 Å². The maximum Gasteiger partial charge on any atom is 0.109 e. The van der Waals surface area contributed by atoms with E-state index in [0.29, 0.717) is 0 Å². The third-order valence-electron chi connectivity index (χ3n) is 2.37. The van der Waals surface area contributed by atoms with Crippen LogP contribution in [-0.2, 0) is 6.42 Å². The Hall–Kier alpha value is -0.890. The number of nitrogens with one attached hydrogen (secondary N) is 1. The van der Waals surface area contributed by atoms with E-state index in [-0.39, 0.29) is 12.7 Å². The first kappa shape index (κ1) is 7.74. The van der Waals surface area contributed by atoms with E-state index >= 15 is 0 Å². The predicted molar refractivity (Wildman–Crippen MR) is 46.9 cm³/mol. The van der Waals surface area contributed by atoms with Crippen LogP contribution in [0.1, 0.15) is 17.2 Å². The monoisotopic (exact) mass is 165 g/mol. The van der Waals surface area contributed by atoms with E-state index in [4.69, 9.17) is 0 Å². The fraction of sp³-hybridized carbons (Fsp3) is 0.400. The maximum absolute atomic E-state index is 12.5. The summed E-state index contributed by atoms with van der Waals surface area (Å²) in [6, 6.07) is 7.99. The Labute approximate surface area is 71.6 Å². The lowest BCUT2D eigenvalue weighted by molar-refractivity contribution is 0.371. The molecule has 0 radical (unpaired) electrons. The van der Waals surface area contributed by atoms with Crippen molar-refractivity contribution in [3.05, 3.63) is 35.4 Å². The summed E-state index contributed by atoms with van der Waals surface area (Å²) in [5.41, 5.74) is 2.42. The minimum absolute atomic E-state index is 0.0741. The van der Waals surface area contributed by atoms with Crippen LogP contribution in [0.4, 0.5) is 4.39 Å². The molecule has 64 valence electrons. The zero-order valence-corrected chi connectivity index (χ0v) is 6.89. The van der Waals surface area contributed by atoms with Crippen molar-refractivity contribution in [1.29, 1.82) is 0 Å². The van der Waals surface area contributed by atoms with E-state index in [1.807, 2.05) is 18.2 Å². The molecule has 0 spiro atoms. The second kappa shape index (κ2) is 3.23. The summed E-state index contributed by atoms with van der Waals surface area (Å²) < 4.78 is 12.5. The van der Waals surface area contributed by atoms with E-state index in [9.17, 15) is 4.39 Å². The summed E-state index contributed by atoms with van der Waals surface area (Å²) in [6.45, 7) is 0.586. The first-order valence-corrected chi connectivity index (χ1v) is 4.29. The molecule has 0 aliphatic carbocycles. The fourth-order valence-electron chi connectivity index (χ4n) is 1.73. The van der Waals surface area contributed by atoms with Crippen LogP contribution in [0.2, 0.25) is 0 Å². The minimum Gasteiger partial charge on any atom is -0.307 e. The van der Waals surface area contributed by atoms with Gasteiger partial charge in [-0.2, -0.15) is 0 Å². The molecule has 0 aromatic heterocycles. The largest absolute Gasteiger partial charge is 0.307 e. The van der Waals surface area contributed by atoms with Crippen molar-refractivity contribution in [2.75, 3.05) is 13.2 Å². The Kier molecular flexibility index (Phi) is 2.09. The normalized spacial score (nSPS) is 21.9. The summed E-state index contributed by atoms with van der Waals surface area (Å²) in [6.07, 6.45) is 1.02. The lowest BCUT2D eigenvalue weighted by atomic mass is 9.95. The summed E-state index contributed by atoms with van der Waals surface area (Å²) in [5.74, 6) is 0. The molecule has 1 N–H and O–H groups in total. The van der Waals surface area contributed by atoms with Gasteiger partial charge in [0.25, 0.3) is 0 Å². The highest BCUT2D eigenvalue weighted by atomic mass is 19.1. The lowest BCUT2D eigenvalue weighted by Crippen LogP contribution is -2.30. The van der Waals surface area contributed by atoms with Crippen LogP contribution in [0.3, 0.4) is 0 Å². The van der Waals surface area contributed by atoms with E-state index in [1.165, 1.54) is 5.56 Å². The summed E-state index contributed by atoms with van der Waals surface area (Å²) in [7, 11) is 0. The molecular weight excluding hydrogens is 153 g/mol. The molecule has 12 heavy (non-hydrogen) atoms.